The molecule has 0 aliphatic rings. The molecule has 0 spiro atoms. The molecule has 0 saturated carbocycles. The van der Waals surface area contributed by atoms with Gasteiger partial charge in [0, 0.05) is 24.5 Å². The van der Waals surface area contributed by atoms with Crippen molar-refractivity contribution in [1.29, 1.82) is 0 Å². The maximum absolute atomic E-state index is 12.2. The van der Waals surface area contributed by atoms with Crippen LogP contribution in [0.3, 0.4) is 0 Å². The van der Waals surface area contributed by atoms with Crippen LogP contribution in [0.5, 0.6) is 0 Å². The molecule has 2 rings (SSSR count). The van der Waals surface area contributed by atoms with Gasteiger partial charge in [0.1, 0.15) is 0 Å². The van der Waals surface area contributed by atoms with E-state index >= 15 is 0 Å². The average molecular weight is 381 g/mol. The number of pyridine rings is 1. The lowest BCUT2D eigenvalue weighted by Crippen LogP contribution is -2.36. The zero-order valence-electron chi connectivity index (χ0n) is 14.0. The molecule has 2 aromatic rings. The first-order valence-corrected chi connectivity index (χ1v) is 9.08. The van der Waals surface area contributed by atoms with Crippen LogP contribution in [0.15, 0.2) is 58.4 Å². The van der Waals surface area contributed by atoms with E-state index in [-0.39, 0.29) is 23.5 Å². The maximum Gasteiger partial charge on any atom is 0.411 e. The summed E-state index contributed by atoms with van der Waals surface area (Å²) in [6.45, 7) is -0.296. The van der Waals surface area contributed by atoms with Gasteiger partial charge in [0.2, 0.25) is 10.0 Å². The Kier molecular flexibility index (Phi) is 6.50. The molecule has 0 aliphatic heterocycles. The van der Waals surface area contributed by atoms with Gasteiger partial charge in [-0.25, -0.2) is 17.9 Å². The van der Waals surface area contributed by atoms with Crippen molar-refractivity contribution in [2.75, 3.05) is 19.0 Å². The molecule has 0 radical (unpaired) electrons. The molecular formula is C16H19N3O6S. The van der Waals surface area contributed by atoms with Crippen molar-refractivity contribution in [3.8, 4) is 0 Å². The molecule has 10 heteroatoms. The first-order chi connectivity index (χ1) is 12.3. The summed E-state index contributed by atoms with van der Waals surface area (Å²) in [6, 6.07) is 10.00. The van der Waals surface area contributed by atoms with Gasteiger partial charge in [-0.05, 0) is 30.3 Å². The summed E-state index contributed by atoms with van der Waals surface area (Å²) in [4.78, 5) is 22.6. The van der Waals surface area contributed by atoms with E-state index in [1.807, 2.05) is 0 Å². The maximum atomic E-state index is 12.2. The molecule has 1 unspecified atom stereocenters. The molecule has 9 nitrogen and oxygen atoms in total. The van der Waals surface area contributed by atoms with E-state index in [0.29, 0.717) is 5.69 Å². The number of anilines is 1. The lowest BCUT2D eigenvalue weighted by atomic mass is 10.3. The third-order valence-electron chi connectivity index (χ3n) is 3.41. The SMILES string of the molecule is COC(=O)Nc1ccc(S(=O)(=O)NCC(O)Cn2ccccc2=O)cc1. The number of hydrogen-bond donors (Lipinski definition) is 3. The second-order valence-corrected chi connectivity index (χ2v) is 7.10. The Morgan fingerprint density at radius 1 is 1.23 bits per heavy atom. The number of aliphatic hydroxyl groups excluding tert-OH is 1. The lowest BCUT2D eigenvalue weighted by Gasteiger charge is -2.14. The Bertz CT molecular complexity index is 908. The molecular weight excluding hydrogens is 362 g/mol. The van der Waals surface area contributed by atoms with Crippen molar-refractivity contribution >= 4 is 21.8 Å². The number of nitrogens with zero attached hydrogens (tertiary/aromatic N) is 1. The molecule has 0 saturated heterocycles. The van der Waals surface area contributed by atoms with Gasteiger partial charge < -0.3 is 14.4 Å². The van der Waals surface area contributed by atoms with Crippen LogP contribution >= 0.6 is 0 Å². The van der Waals surface area contributed by atoms with Crippen molar-refractivity contribution in [1.82, 2.24) is 9.29 Å². The minimum Gasteiger partial charge on any atom is -0.453 e. The second kappa shape index (κ2) is 8.61. The Hall–Kier alpha value is -2.69. The van der Waals surface area contributed by atoms with Gasteiger partial charge >= 0.3 is 6.09 Å². The minimum absolute atomic E-state index is 0.0306. The van der Waals surface area contributed by atoms with Gasteiger partial charge in [-0.1, -0.05) is 6.07 Å². The summed E-state index contributed by atoms with van der Waals surface area (Å²) in [5.41, 5.74) is 0.0855. The quantitative estimate of drug-likeness (QED) is 0.636. The molecule has 1 amide bonds. The van der Waals surface area contributed by atoms with Crippen LogP contribution in [0.25, 0.3) is 0 Å². The molecule has 1 aromatic carbocycles. The summed E-state index contributed by atoms with van der Waals surface area (Å²) in [7, 11) is -2.63. The highest BCUT2D eigenvalue weighted by Gasteiger charge is 2.16. The number of carbonyl (C=O) groups excluding carboxylic acids is 1. The van der Waals surface area contributed by atoms with Crippen LogP contribution < -0.4 is 15.6 Å². The van der Waals surface area contributed by atoms with Crippen LogP contribution in [-0.4, -0.2) is 43.9 Å². The number of sulfonamides is 1. The van der Waals surface area contributed by atoms with E-state index in [1.165, 1.54) is 48.2 Å². The van der Waals surface area contributed by atoms with Gasteiger partial charge in [0.25, 0.3) is 5.56 Å². The number of carbonyl (C=O) groups is 1. The lowest BCUT2D eigenvalue weighted by molar-refractivity contribution is 0.156. The molecule has 1 atom stereocenters. The number of aliphatic hydroxyl groups is 1. The average Bonchev–Trinajstić information content (AvgIpc) is 2.62. The first kappa shape index (κ1) is 19.6. The molecule has 1 aromatic heterocycles. The molecule has 3 N–H and O–H groups in total. The predicted molar refractivity (Wildman–Crippen MR) is 94.4 cm³/mol. The Balaban J connectivity index is 1.96. The fourth-order valence-electron chi connectivity index (χ4n) is 2.08. The Labute approximate surface area is 150 Å². The van der Waals surface area contributed by atoms with Crippen molar-refractivity contribution in [3.05, 3.63) is 59.0 Å². The van der Waals surface area contributed by atoms with Gasteiger partial charge in [-0.15, -0.1) is 0 Å². The third kappa shape index (κ3) is 5.41. The smallest absolute Gasteiger partial charge is 0.411 e. The molecule has 0 aliphatic carbocycles. The summed E-state index contributed by atoms with van der Waals surface area (Å²) in [5, 5.41) is 12.4. The third-order valence-corrected chi connectivity index (χ3v) is 4.85. The zero-order chi connectivity index (χ0) is 19.2. The zero-order valence-corrected chi connectivity index (χ0v) is 14.8. The van der Waals surface area contributed by atoms with E-state index in [0.717, 1.165) is 0 Å². The van der Waals surface area contributed by atoms with Gasteiger partial charge in [0.05, 0.1) is 24.7 Å². The van der Waals surface area contributed by atoms with E-state index < -0.39 is 22.2 Å². The Morgan fingerprint density at radius 2 is 1.92 bits per heavy atom. The van der Waals surface area contributed by atoms with E-state index in [2.05, 4.69) is 14.8 Å². The first-order valence-electron chi connectivity index (χ1n) is 7.60. The number of ether oxygens (including phenoxy) is 1. The minimum atomic E-state index is -3.85. The summed E-state index contributed by atoms with van der Waals surface area (Å²) in [5.74, 6) is 0. The number of amides is 1. The van der Waals surface area contributed by atoms with Crippen molar-refractivity contribution < 1.29 is 23.1 Å². The van der Waals surface area contributed by atoms with Gasteiger partial charge in [-0.3, -0.25) is 10.1 Å². The number of benzene rings is 1. The summed E-state index contributed by atoms with van der Waals surface area (Å²) < 4.78 is 32.5. The standard InChI is InChI=1S/C16H19N3O6S/c1-25-16(22)18-12-5-7-14(8-6-12)26(23,24)17-10-13(20)11-19-9-3-2-4-15(19)21/h2-9,13,17,20H,10-11H2,1H3,(H,18,22). The van der Waals surface area contributed by atoms with Crippen LogP contribution in [0, 0.1) is 0 Å². The van der Waals surface area contributed by atoms with Crippen molar-refractivity contribution in [2.24, 2.45) is 0 Å². The highest BCUT2D eigenvalue weighted by Crippen LogP contribution is 2.14. The number of hydrogen-bond acceptors (Lipinski definition) is 6. The summed E-state index contributed by atoms with van der Waals surface area (Å²) in [6.07, 6.45) is -0.240. The number of nitrogens with one attached hydrogen (secondary N) is 2. The van der Waals surface area contributed by atoms with Crippen LogP contribution in [0.4, 0.5) is 10.5 Å². The van der Waals surface area contributed by atoms with Crippen molar-refractivity contribution in [2.45, 2.75) is 17.5 Å². The van der Waals surface area contributed by atoms with Gasteiger partial charge in [-0.2, -0.15) is 0 Å². The largest absolute Gasteiger partial charge is 0.453 e. The molecule has 0 fully saturated rings. The van der Waals surface area contributed by atoms with Crippen LogP contribution in [-0.2, 0) is 21.3 Å². The fourth-order valence-corrected chi connectivity index (χ4v) is 3.15. The number of rotatable bonds is 7. The number of methoxy groups -OCH3 is 1. The highest BCUT2D eigenvalue weighted by atomic mass is 32.2. The molecule has 0 bridgehead atoms. The second-order valence-electron chi connectivity index (χ2n) is 5.34. The van der Waals surface area contributed by atoms with Crippen molar-refractivity contribution in [3.63, 3.8) is 0 Å². The monoisotopic (exact) mass is 381 g/mol. The fraction of sp³-hybridized carbons (Fsp3) is 0.250. The topological polar surface area (TPSA) is 127 Å². The van der Waals surface area contributed by atoms with Crippen LogP contribution in [0.2, 0.25) is 0 Å². The van der Waals surface area contributed by atoms with Gasteiger partial charge in [0.15, 0.2) is 0 Å². The molecule has 140 valence electrons. The normalized spacial score (nSPS) is 12.4. The summed E-state index contributed by atoms with van der Waals surface area (Å²) >= 11 is 0. The molecule has 1 heterocycles. The van der Waals surface area contributed by atoms with E-state index in [4.69, 9.17) is 0 Å². The predicted octanol–water partition coefficient (Wildman–Crippen LogP) is 0.366. The Morgan fingerprint density at radius 3 is 2.54 bits per heavy atom. The van der Waals surface area contributed by atoms with E-state index in [9.17, 15) is 23.1 Å². The molecule has 26 heavy (non-hydrogen) atoms. The van der Waals surface area contributed by atoms with E-state index in [1.54, 1.807) is 12.1 Å². The highest BCUT2D eigenvalue weighted by molar-refractivity contribution is 7.89. The van der Waals surface area contributed by atoms with Crippen LogP contribution in [0.1, 0.15) is 0 Å². The number of aromatic nitrogens is 1.